The minimum atomic E-state index is -0.806. The van der Waals surface area contributed by atoms with E-state index in [9.17, 15) is 0 Å². The number of halogens is 2. The second-order valence-electron chi connectivity index (χ2n) is 4.98. The van der Waals surface area contributed by atoms with Gasteiger partial charge in [0.2, 0.25) is 0 Å². The third kappa shape index (κ3) is 23.3. The summed E-state index contributed by atoms with van der Waals surface area (Å²) in [5, 5.41) is 0. The molecule has 0 spiro atoms. The van der Waals surface area contributed by atoms with E-state index in [-0.39, 0.29) is 0 Å². The van der Waals surface area contributed by atoms with E-state index in [1.165, 1.54) is 38.5 Å². The van der Waals surface area contributed by atoms with Gasteiger partial charge in [-0.1, -0.05) is 24.3 Å². The van der Waals surface area contributed by atoms with Crippen LogP contribution in [0.1, 0.15) is 38.5 Å². The fourth-order valence-electron chi connectivity index (χ4n) is 1.85. The molecule has 3 saturated heterocycles. The van der Waals surface area contributed by atoms with Crippen molar-refractivity contribution >= 4 is 11.8 Å². The Hall–Kier alpha value is 1.28. The fourth-order valence-corrected chi connectivity index (χ4v) is 1.85. The number of allylic oxidation sites excluding steroid dienone is 4. The van der Waals surface area contributed by atoms with Gasteiger partial charge in [0.05, 0.1) is 0 Å². The van der Waals surface area contributed by atoms with Crippen LogP contribution in [0.4, 0.5) is 0 Å². The third-order valence-corrected chi connectivity index (χ3v) is 3.04. The van der Waals surface area contributed by atoms with E-state index < -0.39 is 33.2 Å². The van der Waals surface area contributed by atoms with Gasteiger partial charge in [-0.15, -0.1) is 0 Å². The van der Waals surface area contributed by atoms with Crippen molar-refractivity contribution in [3.8, 4) is 0 Å². The van der Waals surface area contributed by atoms with Crippen LogP contribution < -0.4 is 0 Å². The number of hydrogen-bond acceptors (Lipinski definition) is 3. The molecule has 0 atom stereocenters. The van der Waals surface area contributed by atoms with Gasteiger partial charge in [0.25, 0.3) is 0 Å². The molecule has 3 nitrogen and oxygen atoms in total. The minimum absolute atomic E-state index is 0.806. The molecule has 0 aromatic rings. The zero-order valence-corrected chi connectivity index (χ0v) is 17.9. The molecule has 1 aliphatic carbocycles. The normalized spacial score (nSPS) is 20.3. The van der Waals surface area contributed by atoms with Crippen LogP contribution in [-0.2, 0) is 14.2 Å². The van der Waals surface area contributed by atoms with Crippen molar-refractivity contribution in [3.63, 3.8) is 0 Å². The van der Waals surface area contributed by atoms with E-state index in [0.29, 0.717) is 0 Å². The van der Waals surface area contributed by atoms with Gasteiger partial charge in [0.15, 0.2) is 0 Å². The van der Waals surface area contributed by atoms with Crippen LogP contribution in [-0.4, -0.2) is 39.6 Å². The molecule has 0 N–H and O–H groups in total. The first-order valence-corrected chi connectivity index (χ1v) is 14.8. The topological polar surface area (TPSA) is 27.7 Å². The zero-order chi connectivity index (χ0) is 16.8. The summed E-state index contributed by atoms with van der Waals surface area (Å²) in [5.74, 6) is 9.86. The summed E-state index contributed by atoms with van der Waals surface area (Å²) in [6.07, 6.45) is 17.7. The Balaban J connectivity index is 0.000000266. The molecule has 0 aromatic carbocycles. The van der Waals surface area contributed by atoms with Gasteiger partial charge in [-0.2, -0.15) is 0 Å². The molecule has 0 bridgehead atoms. The molecular weight excluding hydrogens is 473 g/mol. The summed E-state index contributed by atoms with van der Waals surface area (Å²) in [6.45, 7) is 6.00. The summed E-state index contributed by atoms with van der Waals surface area (Å²) >= 11 is -0.806. The Morgan fingerprint density at radius 2 is 0.783 bits per heavy atom. The number of rotatable bonds is 0. The molecule has 3 heterocycles. The van der Waals surface area contributed by atoms with Gasteiger partial charge < -0.3 is 14.2 Å². The molecule has 0 amide bonds. The van der Waals surface area contributed by atoms with Gasteiger partial charge >= 0.3 is 44.9 Å². The van der Waals surface area contributed by atoms with Crippen LogP contribution in [0.5, 0.6) is 0 Å². The Labute approximate surface area is 166 Å². The maximum absolute atomic E-state index is 4.94. The van der Waals surface area contributed by atoms with E-state index in [1.807, 2.05) is 30.7 Å². The second kappa shape index (κ2) is 23.3. The molecule has 135 valence electrons. The predicted molar refractivity (Wildman–Crippen MR) is 94.4 cm³/mol. The standard InChI is InChI=1S/C5H5.3C4H8O.2ClH.Sm/c4*1-2-4-5-3-1;;;/h1-5H;3*1-4H2;2*1H;/q;;;;;;+2/p-2. The van der Waals surface area contributed by atoms with Crippen LogP contribution in [0.15, 0.2) is 24.3 Å². The Kier molecular flexibility index (Phi) is 24.6. The average Bonchev–Trinajstić information content (AvgIpc) is 3.47. The summed E-state index contributed by atoms with van der Waals surface area (Å²) in [4.78, 5) is 0. The van der Waals surface area contributed by atoms with E-state index >= 15 is 0 Å². The van der Waals surface area contributed by atoms with Crippen molar-refractivity contribution in [1.82, 2.24) is 0 Å². The molecule has 0 saturated carbocycles. The monoisotopic (exact) mass is 503 g/mol. The Morgan fingerprint density at radius 3 is 0.870 bits per heavy atom. The van der Waals surface area contributed by atoms with Crippen molar-refractivity contribution in [2.75, 3.05) is 39.6 Å². The predicted octanol–water partition coefficient (Wildman–Crippen LogP) is 5.09. The van der Waals surface area contributed by atoms with Crippen LogP contribution in [0.3, 0.4) is 0 Å². The van der Waals surface area contributed by atoms with Crippen molar-refractivity contribution in [2.24, 2.45) is 0 Å². The quantitative estimate of drug-likeness (QED) is 0.462. The average molecular weight is 503 g/mol. The van der Waals surface area contributed by atoms with E-state index in [0.717, 1.165) is 39.6 Å². The molecule has 4 rings (SSSR count). The Morgan fingerprint density at radius 1 is 0.522 bits per heavy atom. The molecular formula is C17H29Cl2O3Sm. The fraction of sp³-hybridized carbons (Fsp3) is 0.706. The van der Waals surface area contributed by atoms with Crippen LogP contribution in [0.2, 0.25) is 0 Å². The van der Waals surface area contributed by atoms with Gasteiger partial charge in [0.1, 0.15) is 0 Å². The molecule has 4 aliphatic rings. The number of hydrogen-bond donors (Lipinski definition) is 0. The van der Waals surface area contributed by atoms with Crippen LogP contribution >= 0.6 is 11.8 Å². The zero-order valence-electron chi connectivity index (χ0n) is 13.8. The van der Waals surface area contributed by atoms with Gasteiger partial charge in [0, 0.05) is 46.1 Å². The number of ether oxygens (including phenoxy) is 3. The molecule has 3 aliphatic heterocycles. The van der Waals surface area contributed by atoms with E-state index in [1.54, 1.807) is 0 Å². The van der Waals surface area contributed by atoms with Crippen molar-refractivity contribution < 1.29 is 47.4 Å². The van der Waals surface area contributed by atoms with Crippen molar-refractivity contribution in [3.05, 3.63) is 30.7 Å². The Bertz CT molecular complexity index is 208. The molecule has 0 aromatic heterocycles. The van der Waals surface area contributed by atoms with Crippen LogP contribution in [0, 0.1) is 39.6 Å². The summed E-state index contributed by atoms with van der Waals surface area (Å²) in [5.41, 5.74) is 0. The molecule has 1 radical (unpaired) electrons. The van der Waals surface area contributed by atoms with E-state index in [2.05, 4.69) is 0 Å². The molecule has 0 unspecified atom stereocenters. The van der Waals surface area contributed by atoms with E-state index in [4.69, 9.17) is 26.0 Å². The summed E-state index contributed by atoms with van der Waals surface area (Å²) in [6, 6.07) is 0. The van der Waals surface area contributed by atoms with Gasteiger partial charge in [-0.3, -0.25) is 0 Å². The summed E-state index contributed by atoms with van der Waals surface area (Å²) < 4.78 is 14.8. The molecule has 23 heavy (non-hydrogen) atoms. The van der Waals surface area contributed by atoms with Crippen LogP contribution in [0.25, 0.3) is 0 Å². The molecule has 3 fully saturated rings. The first kappa shape index (κ1) is 24.3. The van der Waals surface area contributed by atoms with Gasteiger partial charge in [-0.25, -0.2) is 0 Å². The molecule has 6 heteroatoms. The first-order valence-electron chi connectivity index (χ1n) is 8.21. The second-order valence-corrected chi connectivity index (χ2v) is 8.81. The van der Waals surface area contributed by atoms with Crippen molar-refractivity contribution in [2.45, 2.75) is 38.5 Å². The van der Waals surface area contributed by atoms with Crippen molar-refractivity contribution in [1.29, 1.82) is 0 Å². The summed E-state index contributed by atoms with van der Waals surface area (Å²) in [7, 11) is 0. The third-order valence-electron chi connectivity index (χ3n) is 3.04. The maximum atomic E-state index is 4.94. The first-order chi connectivity index (χ1) is 11.4. The van der Waals surface area contributed by atoms with Gasteiger partial charge in [-0.05, 0) is 38.5 Å². The SMILES string of the molecule is C1CCOC1.C1CCOC1.C1CCOC1.[CH]1C=CC=C1.[Cl][Sm][Cl].